The van der Waals surface area contributed by atoms with Crippen molar-refractivity contribution in [1.82, 2.24) is 19.9 Å². The number of anilines is 6. The normalized spacial score (nSPS) is 10.5. The van der Waals surface area contributed by atoms with Crippen molar-refractivity contribution in [3.05, 3.63) is 89.3 Å². The zero-order valence-corrected chi connectivity index (χ0v) is 21.5. The molecule has 0 unspecified atom stereocenters. The summed E-state index contributed by atoms with van der Waals surface area (Å²) in [5.41, 5.74) is 3.10. The highest BCUT2D eigenvalue weighted by Gasteiger charge is 2.13. The minimum atomic E-state index is -0.527. The van der Waals surface area contributed by atoms with Crippen LogP contribution in [-0.2, 0) is 0 Å². The van der Waals surface area contributed by atoms with Crippen LogP contribution in [0, 0.1) is 0 Å². The van der Waals surface area contributed by atoms with Crippen molar-refractivity contribution >= 4 is 63.3 Å². The molecule has 0 saturated heterocycles. The molecule has 0 fully saturated rings. The zero-order valence-electron chi connectivity index (χ0n) is 20.0. The molecule has 190 valence electrons. The molecule has 0 spiro atoms. The number of amides is 2. The molecule has 0 atom stereocenters. The largest absolute Gasteiger partial charge is 0.497 e. The Bertz CT molecular complexity index is 1530. The fraction of sp³-hybridized carbons (Fsp3) is 0.0385. The molecule has 0 bridgehead atoms. The van der Waals surface area contributed by atoms with Gasteiger partial charge in [0, 0.05) is 27.3 Å². The first-order valence-corrected chi connectivity index (χ1v) is 12.6. The number of aromatic nitrogens is 4. The number of benzene rings is 3. The minimum absolute atomic E-state index is 0.0322. The van der Waals surface area contributed by atoms with Crippen LogP contribution in [0.15, 0.2) is 84.2 Å². The standard InChI is InChI=1S/C26H21ClN8O2S/c1-37-20-13-11-18(12-14-20)28-22-31-23(34-25(36)29-19-9-7-17(27)8-10-19)33-24(32-22)35-26-30-21(15-38-26)16-5-3-2-4-6-16/h2-15H,1H3,(H4,28,29,30,31,32,33,34,35,36). The SMILES string of the molecule is COc1ccc(Nc2nc(NC(=O)Nc3ccc(Cl)cc3)nc(Nc3nc(-c4ccccc4)cs3)n2)cc1. The Hall–Kier alpha value is -4.74. The van der Waals surface area contributed by atoms with Crippen molar-refractivity contribution < 1.29 is 9.53 Å². The van der Waals surface area contributed by atoms with Crippen LogP contribution < -0.4 is 26.0 Å². The lowest BCUT2D eigenvalue weighted by Crippen LogP contribution is -2.21. The van der Waals surface area contributed by atoms with E-state index in [0.29, 0.717) is 21.6 Å². The highest BCUT2D eigenvalue weighted by atomic mass is 35.5. The van der Waals surface area contributed by atoms with Gasteiger partial charge in [0.15, 0.2) is 5.13 Å². The van der Waals surface area contributed by atoms with Gasteiger partial charge >= 0.3 is 6.03 Å². The number of rotatable bonds is 8. The first kappa shape index (κ1) is 24.9. The van der Waals surface area contributed by atoms with Gasteiger partial charge in [-0.15, -0.1) is 11.3 Å². The van der Waals surface area contributed by atoms with E-state index in [4.69, 9.17) is 16.3 Å². The smallest absolute Gasteiger partial charge is 0.326 e. The lowest BCUT2D eigenvalue weighted by Gasteiger charge is -2.11. The maximum Gasteiger partial charge on any atom is 0.326 e. The molecule has 2 heterocycles. The number of hydrogen-bond acceptors (Lipinski definition) is 9. The summed E-state index contributed by atoms with van der Waals surface area (Å²) >= 11 is 7.33. The van der Waals surface area contributed by atoms with Crippen molar-refractivity contribution in [3.8, 4) is 17.0 Å². The van der Waals surface area contributed by atoms with E-state index in [-0.39, 0.29) is 17.8 Å². The molecule has 2 amide bonds. The van der Waals surface area contributed by atoms with Crippen LogP contribution in [0.4, 0.5) is 39.1 Å². The van der Waals surface area contributed by atoms with Gasteiger partial charge in [-0.05, 0) is 48.5 Å². The van der Waals surface area contributed by atoms with E-state index < -0.39 is 6.03 Å². The van der Waals surface area contributed by atoms with Gasteiger partial charge in [0.05, 0.1) is 12.8 Å². The molecule has 2 aromatic heterocycles. The molecule has 3 aromatic carbocycles. The topological polar surface area (TPSA) is 126 Å². The number of nitrogens with one attached hydrogen (secondary N) is 4. The lowest BCUT2D eigenvalue weighted by molar-refractivity contribution is 0.262. The third kappa shape index (κ3) is 6.52. The van der Waals surface area contributed by atoms with E-state index in [0.717, 1.165) is 16.9 Å². The molecule has 5 rings (SSSR count). The van der Waals surface area contributed by atoms with E-state index in [1.807, 2.05) is 60.0 Å². The second-order valence-electron chi connectivity index (χ2n) is 7.77. The number of carbonyl (C=O) groups excluding carboxylic acids is 1. The predicted molar refractivity (Wildman–Crippen MR) is 151 cm³/mol. The van der Waals surface area contributed by atoms with E-state index in [1.165, 1.54) is 11.3 Å². The van der Waals surface area contributed by atoms with Crippen molar-refractivity contribution in [2.75, 3.05) is 28.4 Å². The molecular formula is C26H21ClN8O2S. The number of nitrogens with zero attached hydrogens (tertiary/aromatic N) is 4. The Balaban J connectivity index is 1.38. The lowest BCUT2D eigenvalue weighted by atomic mass is 10.2. The van der Waals surface area contributed by atoms with Crippen LogP contribution in [0.5, 0.6) is 5.75 Å². The fourth-order valence-electron chi connectivity index (χ4n) is 3.31. The maximum atomic E-state index is 12.6. The number of halogens is 1. The molecule has 4 N–H and O–H groups in total. The van der Waals surface area contributed by atoms with Gasteiger partial charge in [-0.2, -0.15) is 15.0 Å². The summed E-state index contributed by atoms with van der Waals surface area (Å²) < 4.78 is 5.21. The molecule has 38 heavy (non-hydrogen) atoms. The van der Waals surface area contributed by atoms with Crippen molar-refractivity contribution in [1.29, 1.82) is 0 Å². The number of carbonyl (C=O) groups is 1. The molecule has 0 aliphatic heterocycles. The molecule has 10 nitrogen and oxygen atoms in total. The van der Waals surface area contributed by atoms with E-state index >= 15 is 0 Å². The van der Waals surface area contributed by atoms with Gasteiger partial charge in [-0.3, -0.25) is 10.6 Å². The Morgan fingerprint density at radius 3 is 2.13 bits per heavy atom. The Morgan fingerprint density at radius 2 is 1.42 bits per heavy atom. The zero-order chi connectivity index (χ0) is 26.3. The molecular weight excluding hydrogens is 524 g/mol. The molecule has 0 saturated carbocycles. The third-order valence-corrected chi connectivity index (χ3v) is 6.11. The third-order valence-electron chi connectivity index (χ3n) is 5.10. The summed E-state index contributed by atoms with van der Waals surface area (Å²) in [6.07, 6.45) is 0. The summed E-state index contributed by atoms with van der Waals surface area (Å²) in [7, 11) is 1.60. The predicted octanol–water partition coefficient (Wildman–Crippen LogP) is 6.79. The van der Waals surface area contributed by atoms with Gasteiger partial charge in [0.25, 0.3) is 0 Å². The van der Waals surface area contributed by atoms with Gasteiger partial charge in [0.2, 0.25) is 17.8 Å². The van der Waals surface area contributed by atoms with E-state index in [2.05, 4.69) is 41.2 Å². The number of hydrogen-bond donors (Lipinski definition) is 4. The fourth-order valence-corrected chi connectivity index (χ4v) is 4.15. The van der Waals surface area contributed by atoms with E-state index in [9.17, 15) is 4.79 Å². The summed E-state index contributed by atoms with van der Waals surface area (Å²) in [5, 5.41) is 14.7. The Labute approximate surface area is 227 Å². The Morgan fingerprint density at radius 1 is 0.763 bits per heavy atom. The van der Waals surface area contributed by atoms with Crippen molar-refractivity contribution in [3.63, 3.8) is 0 Å². The second-order valence-corrected chi connectivity index (χ2v) is 9.07. The van der Waals surface area contributed by atoms with Crippen molar-refractivity contribution in [2.45, 2.75) is 0 Å². The first-order valence-electron chi connectivity index (χ1n) is 11.3. The van der Waals surface area contributed by atoms with Gasteiger partial charge in [-0.1, -0.05) is 41.9 Å². The summed E-state index contributed by atoms with van der Waals surface area (Å²) in [4.78, 5) is 30.4. The summed E-state index contributed by atoms with van der Waals surface area (Å²) in [5.74, 6) is 1.17. The highest BCUT2D eigenvalue weighted by Crippen LogP contribution is 2.27. The maximum absolute atomic E-state index is 12.6. The molecule has 0 aliphatic carbocycles. The number of methoxy groups -OCH3 is 1. The van der Waals surface area contributed by atoms with Crippen LogP contribution in [0.1, 0.15) is 0 Å². The van der Waals surface area contributed by atoms with Gasteiger partial charge < -0.3 is 15.4 Å². The van der Waals surface area contributed by atoms with Crippen LogP contribution in [-0.4, -0.2) is 33.1 Å². The van der Waals surface area contributed by atoms with Crippen LogP contribution >= 0.6 is 22.9 Å². The summed E-state index contributed by atoms with van der Waals surface area (Å²) in [6, 6.07) is 23.3. The average Bonchev–Trinajstić information content (AvgIpc) is 3.39. The quantitative estimate of drug-likeness (QED) is 0.168. The van der Waals surface area contributed by atoms with Crippen LogP contribution in [0.2, 0.25) is 5.02 Å². The molecule has 0 radical (unpaired) electrons. The number of ether oxygens (including phenoxy) is 1. The summed E-state index contributed by atoms with van der Waals surface area (Å²) in [6.45, 7) is 0. The van der Waals surface area contributed by atoms with Crippen molar-refractivity contribution in [2.24, 2.45) is 0 Å². The number of urea groups is 1. The van der Waals surface area contributed by atoms with Crippen LogP contribution in [0.3, 0.4) is 0 Å². The molecule has 5 aromatic rings. The molecule has 12 heteroatoms. The van der Waals surface area contributed by atoms with Gasteiger partial charge in [0.1, 0.15) is 5.75 Å². The monoisotopic (exact) mass is 544 g/mol. The average molecular weight is 545 g/mol. The highest BCUT2D eigenvalue weighted by molar-refractivity contribution is 7.14. The van der Waals surface area contributed by atoms with Crippen LogP contribution in [0.25, 0.3) is 11.3 Å². The second kappa shape index (κ2) is 11.5. The number of thiazole rings is 1. The Kier molecular flexibility index (Phi) is 7.57. The van der Waals surface area contributed by atoms with E-state index in [1.54, 1.807) is 31.4 Å². The minimum Gasteiger partial charge on any atom is -0.497 e. The van der Waals surface area contributed by atoms with Gasteiger partial charge in [-0.25, -0.2) is 9.78 Å². The first-order chi connectivity index (χ1) is 18.5. The molecule has 0 aliphatic rings.